The van der Waals surface area contributed by atoms with Gasteiger partial charge in [0.15, 0.2) is 0 Å². The third-order valence-electron chi connectivity index (χ3n) is 2.89. The maximum atomic E-state index is 11.0. The summed E-state index contributed by atoms with van der Waals surface area (Å²) in [6, 6.07) is 6.74. The molecule has 0 amide bonds. The summed E-state index contributed by atoms with van der Waals surface area (Å²) in [6.07, 6.45) is 1.94. The molecule has 1 aromatic carbocycles. The molecule has 0 bridgehead atoms. The molecule has 102 valence electrons. The fourth-order valence-corrected chi connectivity index (χ4v) is 2.70. The van der Waals surface area contributed by atoms with E-state index in [9.17, 15) is 8.42 Å². The average Bonchev–Trinajstić information content (AvgIpc) is 2.21. The molecule has 1 unspecified atom stereocenters. The van der Waals surface area contributed by atoms with Crippen LogP contribution in [0.25, 0.3) is 0 Å². The number of hydrogen-bond acceptors (Lipinski definition) is 3. The van der Waals surface area contributed by atoms with Crippen molar-refractivity contribution in [3.8, 4) is 0 Å². The zero-order valence-corrected chi connectivity index (χ0v) is 12.5. The first kappa shape index (κ1) is 15.2. The summed E-state index contributed by atoms with van der Waals surface area (Å²) in [6.45, 7) is 7.01. The smallest absolute Gasteiger partial charge is 0.147 e. The molecule has 4 heteroatoms. The summed E-state index contributed by atoms with van der Waals surface area (Å²) >= 11 is 0. The lowest BCUT2D eigenvalue weighted by molar-refractivity contribution is 0.561. The molecule has 0 fully saturated rings. The summed E-state index contributed by atoms with van der Waals surface area (Å²) in [5.74, 6) is 0.250. The molecule has 0 aliphatic rings. The van der Waals surface area contributed by atoms with Crippen LogP contribution in [0.3, 0.4) is 0 Å². The molecular formula is C14H23NO2S. The zero-order chi connectivity index (χ0) is 13.8. The lowest BCUT2D eigenvalue weighted by atomic mass is 10.0. The number of aryl methyl sites for hydroxylation is 2. The second-order valence-electron chi connectivity index (χ2n) is 5.08. The molecule has 0 spiro atoms. The Morgan fingerprint density at radius 2 is 1.72 bits per heavy atom. The van der Waals surface area contributed by atoms with Crippen molar-refractivity contribution < 1.29 is 8.42 Å². The van der Waals surface area contributed by atoms with Crippen LogP contribution < -0.4 is 5.32 Å². The van der Waals surface area contributed by atoms with Gasteiger partial charge in [-0.15, -0.1) is 0 Å². The second kappa shape index (κ2) is 6.34. The van der Waals surface area contributed by atoms with Crippen LogP contribution in [0.2, 0.25) is 0 Å². The van der Waals surface area contributed by atoms with Crippen LogP contribution in [-0.2, 0) is 9.84 Å². The van der Waals surface area contributed by atoms with Gasteiger partial charge in [0, 0.05) is 12.3 Å². The Morgan fingerprint density at radius 3 is 2.22 bits per heavy atom. The highest BCUT2D eigenvalue weighted by atomic mass is 32.2. The quantitative estimate of drug-likeness (QED) is 0.807. The van der Waals surface area contributed by atoms with Crippen molar-refractivity contribution in [2.45, 2.75) is 33.2 Å². The number of nitrogens with one attached hydrogen (secondary N) is 1. The minimum Gasteiger partial charge on any atom is -0.310 e. The largest absolute Gasteiger partial charge is 0.310 e. The summed E-state index contributed by atoms with van der Waals surface area (Å²) in [7, 11) is -2.84. The van der Waals surface area contributed by atoms with E-state index >= 15 is 0 Å². The normalized spacial score (nSPS) is 13.6. The van der Waals surface area contributed by atoms with Gasteiger partial charge in [-0.05, 0) is 39.3 Å². The number of hydrogen-bond donors (Lipinski definition) is 1. The van der Waals surface area contributed by atoms with Gasteiger partial charge in [-0.1, -0.05) is 29.3 Å². The molecule has 0 aromatic heterocycles. The van der Waals surface area contributed by atoms with Crippen LogP contribution in [0, 0.1) is 13.8 Å². The molecule has 1 atom stereocenters. The number of benzene rings is 1. The molecule has 0 radical (unpaired) electrons. The summed E-state index contributed by atoms with van der Waals surface area (Å²) in [5.41, 5.74) is 3.77. The molecule has 1 aromatic rings. The van der Waals surface area contributed by atoms with Gasteiger partial charge < -0.3 is 5.32 Å². The molecule has 1 N–H and O–H groups in total. The third kappa shape index (κ3) is 5.65. The Hall–Kier alpha value is -0.870. The monoisotopic (exact) mass is 269 g/mol. The third-order valence-corrected chi connectivity index (χ3v) is 3.92. The predicted molar refractivity (Wildman–Crippen MR) is 76.7 cm³/mol. The maximum Gasteiger partial charge on any atom is 0.147 e. The Bertz CT molecular complexity index is 474. The Balaban J connectivity index is 2.48. The fourth-order valence-electron chi connectivity index (χ4n) is 2.03. The van der Waals surface area contributed by atoms with Crippen molar-refractivity contribution in [2.75, 3.05) is 18.6 Å². The van der Waals surface area contributed by atoms with Crippen molar-refractivity contribution in [3.63, 3.8) is 0 Å². The highest BCUT2D eigenvalue weighted by Gasteiger charge is 2.07. The first-order valence-electron chi connectivity index (χ1n) is 6.27. The topological polar surface area (TPSA) is 46.2 Å². The minimum absolute atomic E-state index is 0.250. The van der Waals surface area contributed by atoms with Gasteiger partial charge in [0.05, 0.1) is 5.75 Å². The van der Waals surface area contributed by atoms with Gasteiger partial charge in [0.2, 0.25) is 0 Å². The highest BCUT2D eigenvalue weighted by molar-refractivity contribution is 7.90. The molecule has 0 heterocycles. The van der Waals surface area contributed by atoms with Crippen molar-refractivity contribution in [1.29, 1.82) is 0 Å². The van der Waals surface area contributed by atoms with E-state index in [1.807, 2.05) is 0 Å². The standard InChI is InChI=1S/C14H23NO2S/c1-11-8-12(2)10-14(9-11)13(3)15-6-5-7-18(4,16)17/h8-10,13,15H,5-7H2,1-4H3. The molecule has 0 saturated carbocycles. The van der Waals surface area contributed by atoms with E-state index in [0.29, 0.717) is 6.42 Å². The van der Waals surface area contributed by atoms with Crippen molar-refractivity contribution >= 4 is 9.84 Å². The maximum absolute atomic E-state index is 11.0. The molecule has 0 aliphatic heterocycles. The van der Waals surface area contributed by atoms with E-state index in [-0.39, 0.29) is 11.8 Å². The summed E-state index contributed by atoms with van der Waals surface area (Å²) in [5, 5.41) is 3.36. The molecule has 18 heavy (non-hydrogen) atoms. The van der Waals surface area contributed by atoms with Crippen LogP contribution >= 0.6 is 0 Å². The van der Waals surface area contributed by atoms with Crippen LogP contribution in [-0.4, -0.2) is 27.0 Å². The van der Waals surface area contributed by atoms with Crippen molar-refractivity contribution in [1.82, 2.24) is 5.32 Å². The molecule has 0 aliphatic carbocycles. The fraction of sp³-hybridized carbons (Fsp3) is 0.571. The van der Waals surface area contributed by atoms with E-state index in [0.717, 1.165) is 6.54 Å². The first-order valence-corrected chi connectivity index (χ1v) is 8.33. The van der Waals surface area contributed by atoms with Gasteiger partial charge in [-0.25, -0.2) is 8.42 Å². The van der Waals surface area contributed by atoms with Crippen LogP contribution in [0.4, 0.5) is 0 Å². The van der Waals surface area contributed by atoms with Gasteiger partial charge in [0.1, 0.15) is 9.84 Å². The Labute approximate surface area is 111 Å². The van der Waals surface area contributed by atoms with Gasteiger partial charge in [0.25, 0.3) is 0 Å². The Kier molecular flexibility index (Phi) is 5.35. The van der Waals surface area contributed by atoms with E-state index in [4.69, 9.17) is 0 Å². The number of sulfone groups is 1. The first-order chi connectivity index (χ1) is 8.28. The van der Waals surface area contributed by atoms with Crippen LogP contribution in [0.1, 0.15) is 36.1 Å². The highest BCUT2D eigenvalue weighted by Crippen LogP contribution is 2.16. The van der Waals surface area contributed by atoms with Crippen molar-refractivity contribution in [3.05, 3.63) is 34.9 Å². The number of rotatable bonds is 6. The molecule has 3 nitrogen and oxygen atoms in total. The van der Waals surface area contributed by atoms with Gasteiger partial charge in [-0.3, -0.25) is 0 Å². The molecule has 0 saturated heterocycles. The summed E-state index contributed by atoms with van der Waals surface area (Å²) in [4.78, 5) is 0. The van der Waals surface area contributed by atoms with E-state index in [1.54, 1.807) is 0 Å². The molecular weight excluding hydrogens is 246 g/mol. The lowest BCUT2D eigenvalue weighted by Crippen LogP contribution is -2.22. The van der Waals surface area contributed by atoms with E-state index < -0.39 is 9.84 Å². The van der Waals surface area contributed by atoms with Gasteiger partial charge in [-0.2, -0.15) is 0 Å². The average molecular weight is 269 g/mol. The second-order valence-corrected chi connectivity index (χ2v) is 7.34. The zero-order valence-electron chi connectivity index (χ0n) is 11.7. The minimum atomic E-state index is -2.84. The SMILES string of the molecule is Cc1cc(C)cc(C(C)NCCCS(C)(=O)=O)c1. The van der Waals surface area contributed by atoms with E-state index in [2.05, 4.69) is 44.3 Å². The summed E-state index contributed by atoms with van der Waals surface area (Å²) < 4.78 is 22.0. The van der Waals surface area contributed by atoms with Crippen LogP contribution in [0.5, 0.6) is 0 Å². The van der Waals surface area contributed by atoms with Gasteiger partial charge >= 0.3 is 0 Å². The predicted octanol–water partition coefficient (Wildman–Crippen LogP) is 2.39. The molecule has 1 rings (SSSR count). The van der Waals surface area contributed by atoms with Crippen LogP contribution in [0.15, 0.2) is 18.2 Å². The van der Waals surface area contributed by atoms with E-state index in [1.165, 1.54) is 22.9 Å². The Morgan fingerprint density at radius 1 is 1.17 bits per heavy atom. The lowest BCUT2D eigenvalue weighted by Gasteiger charge is -2.15. The van der Waals surface area contributed by atoms with Crippen molar-refractivity contribution in [2.24, 2.45) is 0 Å².